The van der Waals surface area contributed by atoms with Gasteiger partial charge in [-0.3, -0.25) is 19.8 Å². The Hall–Kier alpha value is -3.16. The van der Waals surface area contributed by atoms with Gasteiger partial charge in [0.05, 0.1) is 0 Å². The first-order valence-electron chi connectivity index (χ1n) is 10.0. The van der Waals surface area contributed by atoms with Gasteiger partial charge in [-0.1, -0.05) is 55.6 Å². The van der Waals surface area contributed by atoms with Crippen molar-refractivity contribution in [2.24, 2.45) is 0 Å². The molecule has 0 atom stereocenters. The number of aromatic nitrogens is 1. The number of hydrogen-bond donors (Lipinski definition) is 2. The molecule has 1 spiro atoms. The Labute approximate surface area is 168 Å². The summed E-state index contributed by atoms with van der Waals surface area (Å²) in [6, 6.07) is 9.02. The summed E-state index contributed by atoms with van der Waals surface area (Å²) in [4.78, 5) is 38.4. The molecule has 1 aromatic carbocycles. The van der Waals surface area contributed by atoms with Crippen molar-refractivity contribution >= 4 is 23.7 Å². The standard InChI is InChI=1S/C21H24N4O4/c1-2-14-6-8-15(9-7-14)16-12-18(29-24-16)22-17(26)13-25-19(27)21(23-20(25)28)10-4-3-5-11-21/h6-9,12H,2-5,10-11,13H2,1H3,(H,22,26)(H,23,28). The largest absolute Gasteiger partial charge is 0.338 e. The zero-order valence-electron chi connectivity index (χ0n) is 16.4. The second-order valence-corrected chi connectivity index (χ2v) is 7.64. The molecule has 152 valence electrons. The van der Waals surface area contributed by atoms with E-state index in [1.807, 2.05) is 24.3 Å². The van der Waals surface area contributed by atoms with Crippen LogP contribution in [0.1, 0.15) is 44.6 Å². The van der Waals surface area contributed by atoms with Crippen LogP contribution < -0.4 is 10.6 Å². The van der Waals surface area contributed by atoms with Crippen LogP contribution in [-0.2, 0) is 16.0 Å². The van der Waals surface area contributed by atoms with Crippen LogP contribution in [-0.4, -0.2) is 40.0 Å². The van der Waals surface area contributed by atoms with Crippen molar-refractivity contribution < 1.29 is 18.9 Å². The molecule has 1 aliphatic carbocycles. The van der Waals surface area contributed by atoms with E-state index in [2.05, 4.69) is 22.7 Å². The number of benzene rings is 1. The summed E-state index contributed by atoms with van der Waals surface area (Å²) < 4.78 is 5.19. The highest BCUT2D eigenvalue weighted by atomic mass is 16.5. The molecule has 0 unspecified atom stereocenters. The van der Waals surface area contributed by atoms with Gasteiger partial charge in [0.15, 0.2) is 0 Å². The monoisotopic (exact) mass is 396 g/mol. The third-order valence-corrected chi connectivity index (χ3v) is 5.69. The first kappa shape index (κ1) is 19.2. The lowest BCUT2D eigenvalue weighted by Crippen LogP contribution is -2.48. The van der Waals surface area contributed by atoms with Gasteiger partial charge in [0.25, 0.3) is 5.91 Å². The lowest BCUT2D eigenvalue weighted by molar-refractivity contribution is -0.134. The maximum atomic E-state index is 12.7. The predicted molar refractivity (Wildman–Crippen MR) is 106 cm³/mol. The Morgan fingerprint density at radius 3 is 2.62 bits per heavy atom. The van der Waals surface area contributed by atoms with Crippen molar-refractivity contribution in [2.45, 2.75) is 51.0 Å². The highest BCUT2D eigenvalue weighted by Crippen LogP contribution is 2.33. The van der Waals surface area contributed by atoms with Gasteiger partial charge in [-0.15, -0.1) is 0 Å². The first-order valence-corrected chi connectivity index (χ1v) is 10.0. The van der Waals surface area contributed by atoms with E-state index in [0.717, 1.165) is 36.1 Å². The van der Waals surface area contributed by atoms with Crippen LogP contribution in [0.25, 0.3) is 11.3 Å². The average Bonchev–Trinajstić information content (AvgIpc) is 3.28. The van der Waals surface area contributed by atoms with E-state index < -0.39 is 17.5 Å². The summed E-state index contributed by atoms with van der Waals surface area (Å²) in [7, 11) is 0. The van der Waals surface area contributed by atoms with Crippen LogP contribution >= 0.6 is 0 Å². The number of nitrogens with one attached hydrogen (secondary N) is 2. The molecule has 2 N–H and O–H groups in total. The zero-order valence-corrected chi connectivity index (χ0v) is 16.4. The molecule has 8 nitrogen and oxygen atoms in total. The van der Waals surface area contributed by atoms with E-state index in [-0.39, 0.29) is 18.3 Å². The molecule has 29 heavy (non-hydrogen) atoms. The lowest BCUT2D eigenvalue weighted by Gasteiger charge is -2.30. The molecule has 8 heteroatoms. The minimum Gasteiger partial charge on any atom is -0.338 e. The minimum absolute atomic E-state index is 0.170. The molecule has 1 saturated carbocycles. The highest BCUT2D eigenvalue weighted by Gasteiger charge is 2.51. The number of nitrogens with zero attached hydrogens (tertiary/aromatic N) is 2. The number of amides is 4. The third kappa shape index (κ3) is 3.74. The van der Waals surface area contributed by atoms with Crippen molar-refractivity contribution in [1.82, 2.24) is 15.4 Å². The summed E-state index contributed by atoms with van der Waals surface area (Å²) in [6.07, 6.45) is 5.04. The van der Waals surface area contributed by atoms with Crippen molar-refractivity contribution in [2.75, 3.05) is 11.9 Å². The predicted octanol–water partition coefficient (Wildman–Crippen LogP) is 3.10. The summed E-state index contributed by atoms with van der Waals surface area (Å²) in [5.74, 6) is -0.652. The Bertz CT molecular complexity index is 928. The first-order chi connectivity index (χ1) is 14.0. The lowest BCUT2D eigenvalue weighted by atomic mass is 9.82. The molecule has 0 bridgehead atoms. The van der Waals surface area contributed by atoms with Crippen molar-refractivity contribution in [3.63, 3.8) is 0 Å². The summed E-state index contributed by atoms with van der Waals surface area (Å²) >= 11 is 0. The minimum atomic E-state index is -0.834. The van der Waals surface area contributed by atoms with Gasteiger partial charge in [-0.25, -0.2) is 4.79 Å². The number of rotatable bonds is 5. The molecule has 1 aliphatic heterocycles. The molecule has 2 heterocycles. The number of carbonyl (C=O) groups excluding carboxylic acids is 3. The number of imide groups is 1. The molecule has 2 aromatic rings. The molecule has 4 amide bonds. The summed E-state index contributed by atoms with van der Waals surface area (Å²) in [6.45, 7) is 1.73. The fourth-order valence-corrected chi connectivity index (χ4v) is 4.02. The molecular formula is C21H24N4O4. The maximum Gasteiger partial charge on any atom is 0.325 e. The van der Waals surface area contributed by atoms with Crippen LogP contribution in [0.5, 0.6) is 0 Å². The number of anilines is 1. The van der Waals surface area contributed by atoms with Crippen molar-refractivity contribution in [3.8, 4) is 11.3 Å². The Morgan fingerprint density at radius 2 is 1.93 bits per heavy atom. The second-order valence-electron chi connectivity index (χ2n) is 7.64. The molecule has 1 aromatic heterocycles. The molecule has 1 saturated heterocycles. The second kappa shape index (κ2) is 7.69. The Balaban J connectivity index is 1.39. The van der Waals surface area contributed by atoms with E-state index in [4.69, 9.17) is 4.52 Å². The van der Waals surface area contributed by atoms with Crippen LogP contribution in [0.2, 0.25) is 0 Å². The highest BCUT2D eigenvalue weighted by molar-refractivity contribution is 6.10. The number of urea groups is 1. The average molecular weight is 396 g/mol. The topological polar surface area (TPSA) is 105 Å². The van der Waals surface area contributed by atoms with E-state index in [0.29, 0.717) is 18.5 Å². The van der Waals surface area contributed by atoms with Gasteiger partial charge in [0.2, 0.25) is 11.8 Å². The Morgan fingerprint density at radius 1 is 1.21 bits per heavy atom. The molecule has 4 rings (SSSR count). The molecule has 2 fully saturated rings. The van der Waals surface area contributed by atoms with Crippen LogP contribution in [0.15, 0.2) is 34.9 Å². The van der Waals surface area contributed by atoms with Crippen LogP contribution in [0.3, 0.4) is 0 Å². The van der Waals surface area contributed by atoms with Crippen LogP contribution in [0, 0.1) is 0 Å². The number of carbonyl (C=O) groups is 3. The van der Waals surface area contributed by atoms with Gasteiger partial charge in [0.1, 0.15) is 17.8 Å². The number of aryl methyl sites for hydroxylation is 1. The summed E-state index contributed by atoms with van der Waals surface area (Å²) in [5.41, 5.74) is 1.86. The van der Waals surface area contributed by atoms with E-state index in [9.17, 15) is 14.4 Å². The zero-order chi connectivity index (χ0) is 20.4. The SMILES string of the molecule is CCc1ccc(-c2cc(NC(=O)CN3C(=O)NC4(CCCCC4)C3=O)on2)cc1. The van der Waals surface area contributed by atoms with E-state index in [1.165, 1.54) is 5.56 Å². The van der Waals surface area contributed by atoms with Crippen molar-refractivity contribution in [3.05, 3.63) is 35.9 Å². The smallest absolute Gasteiger partial charge is 0.325 e. The quantitative estimate of drug-likeness (QED) is 0.756. The van der Waals surface area contributed by atoms with Crippen molar-refractivity contribution in [1.29, 1.82) is 0 Å². The van der Waals surface area contributed by atoms with Gasteiger partial charge in [-0.05, 0) is 24.8 Å². The Kier molecular flexibility index (Phi) is 5.08. The molecule has 0 radical (unpaired) electrons. The molecular weight excluding hydrogens is 372 g/mol. The fourth-order valence-electron chi connectivity index (χ4n) is 4.02. The summed E-state index contributed by atoms with van der Waals surface area (Å²) in [5, 5.41) is 9.34. The van der Waals surface area contributed by atoms with Gasteiger partial charge < -0.3 is 9.84 Å². The maximum absolute atomic E-state index is 12.7. The third-order valence-electron chi connectivity index (χ3n) is 5.69. The van der Waals surface area contributed by atoms with Gasteiger partial charge in [-0.2, -0.15) is 0 Å². The molecule has 2 aliphatic rings. The van der Waals surface area contributed by atoms with E-state index in [1.54, 1.807) is 6.07 Å². The van der Waals surface area contributed by atoms with E-state index >= 15 is 0 Å². The normalized spacial score (nSPS) is 18.2. The van der Waals surface area contributed by atoms with Crippen LogP contribution in [0.4, 0.5) is 10.7 Å². The fraction of sp³-hybridized carbons (Fsp3) is 0.429. The van der Waals surface area contributed by atoms with Gasteiger partial charge in [0, 0.05) is 11.6 Å². The number of hydrogen-bond acceptors (Lipinski definition) is 5. The van der Waals surface area contributed by atoms with Gasteiger partial charge >= 0.3 is 6.03 Å².